The number of rotatable bonds is 6. The quantitative estimate of drug-likeness (QED) is 0.428. The molecular formula is C14H15N3O7. The molecule has 2 amide bonds. The van der Waals surface area contributed by atoms with Crippen molar-refractivity contribution in [2.45, 2.75) is 6.23 Å². The second-order valence-corrected chi connectivity index (χ2v) is 4.80. The largest absolute Gasteiger partial charge is 0.507 e. The number of aliphatic hydroxyl groups excluding tert-OH is 2. The summed E-state index contributed by atoms with van der Waals surface area (Å²) in [6.07, 6.45) is -1.77. The smallest absolute Gasteiger partial charge is 0.322 e. The molecule has 2 rings (SSSR count). The molecule has 1 aliphatic rings. The number of hydroxylamine groups is 1. The standard InChI is InChI=1S/C14H15N3O7/c15-9(18)6-24-17-8-4-2-1-3-7(8)12(21)11(14(17)23)13(22)16-5-10(19)20/h1-4,14,21,23H,5-6H2,(H2,15,18)(H,16,22)(H,19,20). The number of nitrogens with zero attached hydrogens (tertiary/aromatic N) is 1. The molecule has 0 fully saturated rings. The maximum atomic E-state index is 12.1. The monoisotopic (exact) mass is 337 g/mol. The van der Waals surface area contributed by atoms with E-state index in [-0.39, 0.29) is 11.3 Å². The second-order valence-electron chi connectivity index (χ2n) is 4.80. The summed E-state index contributed by atoms with van der Waals surface area (Å²) < 4.78 is 0. The van der Waals surface area contributed by atoms with Gasteiger partial charge in [0, 0.05) is 5.56 Å². The maximum Gasteiger partial charge on any atom is 0.322 e. The zero-order chi connectivity index (χ0) is 17.9. The van der Waals surface area contributed by atoms with Crippen molar-refractivity contribution in [3.8, 4) is 0 Å². The van der Waals surface area contributed by atoms with Crippen LogP contribution in [0.4, 0.5) is 5.69 Å². The van der Waals surface area contributed by atoms with E-state index in [0.717, 1.165) is 5.06 Å². The van der Waals surface area contributed by atoms with Crippen molar-refractivity contribution in [3.63, 3.8) is 0 Å². The van der Waals surface area contributed by atoms with E-state index in [1.807, 2.05) is 5.32 Å². The van der Waals surface area contributed by atoms with E-state index < -0.39 is 48.5 Å². The minimum atomic E-state index is -1.77. The van der Waals surface area contributed by atoms with Crippen molar-refractivity contribution in [3.05, 3.63) is 35.4 Å². The fourth-order valence-corrected chi connectivity index (χ4v) is 2.13. The van der Waals surface area contributed by atoms with Gasteiger partial charge in [0.25, 0.3) is 5.91 Å². The number of amides is 2. The van der Waals surface area contributed by atoms with Gasteiger partial charge in [0.2, 0.25) is 5.91 Å². The Bertz CT molecular complexity index is 716. The van der Waals surface area contributed by atoms with E-state index in [1.165, 1.54) is 12.1 Å². The number of nitrogens with one attached hydrogen (secondary N) is 1. The van der Waals surface area contributed by atoms with Gasteiger partial charge in [0.15, 0.2) is 12.8 Å². The fourth-order valence-electron chi connectivity index (χ4n) is 2.13. The summed E-state index contributed by atoms with van der Waals surface area (Å²) in [4.78, 5) is 38.6. The molecule has 1 aromatic carbocycles. The number of nitrogens with two attached hydrogens (primary N) is 1. The molecule has 0 radical (unpaired) electrons. The van der Waals surface area contributed by atoms with Gasteiger partial charge in [-0.3, -0.25) is 19.2 Å². The van der Waals surface area contributed by atoms with Crippen molar-refractivity contribution >= 4 is 29.2 Å². The molecule has 24 heavy (non-hydrogen) atoms. The Morgan fingerprint density at radius 2 is 1.96 bits per heavy atom. The van der Waals surface area contributed by atoms with Gasteiger partial charge in [-0.25, -0.2) is 5.06 Å². The lowest BCUT2D eigenvalue weighted by Gasteiger charge is -2.34. The molecule has 0 saturated heterocycles. The Morgan fingerprint density at radius 1 is 1.29 bits per heavy atom. The van der Waals surface area contributed by atoms with Gasteiger partial charge >= 0.3 is 5.97 Å². The van der Waals surface area contributed by atoms with E-state index in [9.17, 15) is 24.6 Å². The lowest BCUT2D eigenvalue weighted by molar-refractivity contribution is -0.137. The number of benzene rings is 1. The summed E-state index contributed by atoms with van der Waals surface area (Å²) in [7, 11) is 0. The third-order valence-electron chi connectivity index (χ3n) is 3.12. The summed E-state index contributed by atoms with van der Waals surface area (Å²) in [5.74, 6) is -3.63. The van der Waals surface area contributed by atoms with Crippen LogP contribution >= 0.6 is 0 Å². The number of fused-ring (bicyclic) bond motifs is 1. The topological polar surface area (TPSA) is 162 Å². The molecule has 1 heterocycles. The van der Waals surface area contributed by atoms with Gasteiger partial charge in [-0.1, -0.05) is 12.1 Å². The molecule has 10 heteroatoms. The normalized spacial score (nSPS) is 16.5. The number of carbonyl (C=O) groups is 3. The van der Waals surface area contributed by atoms with Crippen LogP contribution in [0.15, 0.2) is 29.8 Å². The lowest BCUT2D eigenvalue weighted by atomic mass is 9.99. The van der Waals surface area contributed by atoms with Crippen molar-refractivity contribution in [1.82, 2.24) is 5.32 Å². The SMILES string of the molecule is NC(=O)CON1c2ccccc2C(O)=C(C(=O)NCC(=O)O)C1O. The summed E-state index contributed by atoms with van der Waals surface area (Å²) in [5, 5.41) is 32.1. The molecule has 0 aliphatic carbocycles. The van der Waals surface area contributed by atoms with Crippen molar-refractivity contribution in [1.29, 1.82) is 0 Å². The van der Waals surface area contributed by atoms with Crippen molar-refractivity contribution < 1.29 is 34.5 Å². The lowest BCUT2D eigenvalue weighted by Crippen LogP contribution is -2.46. The third kappa shape index (κ3) is 3.45. The summed E-state index contributed by atoms with van der Waals surface area (Å²) >= 11 is 0. The van der Waals surface area contributed by atoms with Gasteiger partial charge in [0.05, 0.1) is 5.69 Å². The van der Waals surface area contributed by atoms with Crippen LogP contribution in [0.2, 0.25) is 0 Å². The maximum absolute atomic E-state index is 12.1. The highest BCUT2D eigenvalue weighted by molar-refractivity contribution is 6.04. The molecule has 0 spiro atoms. The van der Waals surface area contributed by atoms with Crippen LogP contribution in [0.3, 0.4) is 0 Å². The number of aliphatic carboxylic acids is 1. The van der Waals surface area contributed by atoms with Gasteiger partial charge in [-0.2, -0.15) is 0 Å². The highest BCUT2D eigenvalue weighted by Crippen LogP contribution is 2.36. The van der Waals surface area contributed by atoms with Crippen molar-refractivity contribution in [2.75, 3.05) is 18.2 Å². The summed E-state index contributed by atoms with van der Waals surface area (Å²) in [6, 6.07) is 6.12. The van der Waals surface area contributed by atoms with Crippen LogP contribution in [0.1, 0.15) is 5.56 Å². The van der Waals surface area contributed by atoms with E-state index in [0.29, 0.717) is 0 Å². The van der Waals surface area contributed by atoms with Gasteiger partial charge in [0.1, 0.15) is 17.9 Å². The third-order valence-corrected chi connectivity index (χ3v) is 3.12. The molecule has 1 aliphatic heterocycles. The Hall–Kier alpha value is -3.11. The molecule has 6 N–H and O–H groups in total. The number of anilines is 1. The highest BCUT2D eigenvalue weighted by atomic mass is 16.7. The van der Waals surface area contributed by atoms with Gasteiger partial charge in [-0.15, -0.1) is 0 Å². The predicted molar refractivity (Wildman–Crippen MR) is 80.3 cm³/mol. The van der Waals surface area contributed by atoms with Crippen LogP contribution in [0, 0.1) is 0 Å². The number of carbonyl (C=O) groups excluding carboxylic acids is 2. The fraction of sp³-hybridized carbons (Fsp3) is 0.214. The average molecular weight is 337 g/mol. The van der Waals surface area contributed by atoms with Crippen LogP contribution in [0.5, 0.6) is 0 Å². The Balaban J connectivity index is 2.40. The Labute approximate surface area is 135 Å². The Kier molecular flexibility index (Phi) is 5.02. The summed E-state index contributed by atoms with van der Waals surface area (Å²) in [5.41, 5.74) is 4.85. The van der Waals surface area contributed by atoms with E-state index in [4.69, 9.17) is 15.7 Å². The molecule has 0 bridgehead atoms. The van der Waals surface area contributed by atoms with Crippen LogP contribution in [-0.4, -0.2) is 52.5 Å². The number of primary amides is 1. The van der Waals surface area contributed by atoms with E-state index in [1.54, 1.807) is 12.1 Å². The molecule has 128 valence electrons. The average Bonchev–Trinajstić information content (AvgIpc) is 2.52. The molecule has 0 saturated carbocycles. The first-order chi connectivity index (χ1) is 11.3. The number of hydrogen-bond donors (Lipinski definition) is 5. The molecule has 1 aromatic rings. The first-order valence-electron chi connectivity index (χ1n) is 6.74. The van der Waals surface area contributed by atoms with Crippen LogP contribution in [0.25, 0.3) is 5.76 Å². The van der Waals surface area contributed by atoms with Crippen LogP contribution < -0.4 is 16.1 Å². The second kappa shape index (κ2) is 6.98. The zero-order valence-corrected chi connectivity index (χ0v) is 12.3. The highest BCUT2D eigenvalue weighted by Gasteiger charge is 2.37. The Morgan fingerprint density at radius 3 is 2.58 bits per heavy atom. The van der Waals surface area contributed by atoms with E-state index >= 15 is 0 Å². The minimum absolute atomic E-state index is 0.160. The van der Waals surface area contributed by atoms with Gasteiger partial charge < -0.3 is 26.4 Å². The number of hydrogen-bond acceptors (Lipinski definition) is 7. The van der Waals surface area contributed by atoms with Gasteiger partial charge in [-0.05, 0) is 12.1 Å². The first-order valence-corrected chi connectivity index (χ1v) is 6.74. The van der Waals surface area contributed by atoms with Crippen LogP contribution in [-0.2, 0) is 19.2 Å². The van der Waals surface area contributed by atoms with E-state index in [2.05, 4.69) is 0 Å². The molecule has 1 atom stereocenters. The molecular weight excluding hydrogens is 322 g/mol. The molecule has 1 unspecified atom stereocenters. The predicted octanol–water partition coefficient (Wildman–Crippen LogP) is -1.29. The number of aliphatic hydroxyl groups is 2. The minimum Gasteiger partial charge on any atom is -0.507 e. The number of para-hydroxylation sites is 1. The number of carboxylic acid groups (broad SMARTS) is 1. The zero-order valence-electron chi connectivity index (χ0n) is 12.3. The molecule has 0 aromatic heterocycles. The number of carboxylic acids is 1. The summed E-state index contributed by atoms with van der Waals surface area (Å²) in [6.45, 7) is -1.28. The first kappa shape index (κ1) is 17.2. The van der Waals surface area contributed by atoms with Crippen molar-refractivity contribution in [2.24, 2.45) is 5.73 Å². The molecule has 10 nitrogen and oxygen atoms in total.